The molecule has 1 aromatic carbocycles. The molecule has 1 heterocycles. The van der Waals surface area contributed by atoms with Crippen molar-refractivity contribution in [1.29, 1.82) is 0 Å². The molecule has 0 saturated carbocycles. The predicted molar refractivity (Wildman–Crippen MR) is 80.1 cm³/mol. The van der Waals surface area contributed by atoms with Crippen LogP contribution in [0.4, 0.5) is 4.79 Å². The Morgan fingerprint density at radius 2 is 2.05 bits per heavy atom. The predicted octanol–water partition coefficient (Wildman–Crippen LogP) is 3.24. The zero-order chi connectivity index (χ0) is 15.1. The summed E-state index contributed by atoms with van der Waals surface area (Å²) in [6.07, 6.45) is 1.58. The van der Waals surface area contributed by atoms with Gasteiger partial charge in [-0.2, -0.15) is 0 Å². The van der Waals surface area contributed by atoms with Crippen molar-refractivity contribution in [1.82, 2.24) is 10.6 Å². The zero-order valence-electron chi connectivity index (χ0n) is 12.3. The van der Waals surface area contributed by atoms with Gasteiger partial charge in [-0.3, -0.25) is 0 Å². The van der Waals surface area contributed by atoms with Crippen LogP contribution in [0.3, 0.4) is 0 Å². The first-order valence-corrected chi connectivity index (χ1v) is 6.98. The quantitative estimate of drug-likeness (QED) is 0.857. The molecule has 0 saturated heterocycles. The number of rotatable bonds is 6. The summed E-state index contributed by atoms with van der Waals surface area (Å²) in [6.45, 7) is 4.89. The minimum absolute atomic E-state index is 0.0859. The van der Waals surface area contributed by atoms with Gasteiger partial charge in [-0.25, -0.2) is 4.79 Å². The number of carbonyl (C=O) groups excluding carboxylic acids is 1. The highest BCUT2D eigenvalue weighted by Crippen LogP contribution is 2.17. The summed E-state index contributed by atoms with van der Waals surface area (Å²) in [5.41, 5.74) is 1.02. The largest absolute Gasteiger partial charge is 0.494 e. The van der Waals surface area contributed by atoms with Crippen molar-refractivity contribution in [3.05, 3.63) is 54.0 Å². The topological polar surface area (TPSA) is 63.5 Å². The van der Waals surface area contributed by atoms with Gasteiger partial charge in [0, 0.05) is 0 Å². The molecule has 0 bridgehead atoms. The van der Waals surface area contributed by atoms with E-state index < -0.39 is 0 Å². The van der Waals surface area contributed by atoms with Crippen molar-refractivity contribution in [2.45, 2.75) is 26.4 Å². The van der Waals surface area contributed by atoms with E-state index in [1.165, 1.54) is 0 Å². The van der Waals surface area contributed by atoms with Gasteiger partial charge in [0.25, 0.3) is 0 Å². The molecule has 2 aromatic rings. The van der Waals surface area contributed by atoms with Crippen LogP contribution < -0.4 is 15.4 Å². The molecule has 2 N–H and O–H groups in total. The maximum absolute atomic E-state index is 11.8. The maximum atomic E-state index is 11.8. The van der Waals surface area contributed by atoms with E-state index in [-0.39, 0.29) is 12.1 Å². The van der Waals surface area contributed by atoms with E-state index in [2.05, 4.69) is 10.6 Å². The number of furan rings is 1. The van der Waals surface area contributed by atoms with Crippen LogP contribution in [0, 0.1) is 0 Å². The lowest BCUT2D eigenvalue weighted by Crippen LogP contribution is -2.36. The Hall–Kier alpha value is -2.43. The minimum atomic E-state index is -0.229. The van der Waals surface area contributed by atoms with Crippen molar-refractivity contribution in [3.63, 3.8) is 0 Å². The molecule has 0 radical (unpaired) electrons. The van der Waals surface area contributed by atoms with Gasteiger partial charge in [-0.05, 0) is 43.7 Å². The Labute approximate surface area is 124 Å². The molecule has 0 unspecified atom stereocenters. The Kier molecular flexibility index (Phi) is 5.26. The van der Waals surface area contributed by atoms with E-state index in [0.717, 1.165) is 17.1 Å². The summed E-state index contributed by atoms with van der Waals surface area (Å²) in [5, 5.41) is 5.63. The van der Waals surface area contributed by atoms with Crippen molar-refractivity contribution in [3.8, 4) is 5.75 Å². The number of hydrogen-bond donors (Lipinski definition) is 2. The second-order valence-corrected chi connectivity index (χ2v) is 4.63. The third-order valence-electron chi connectivity index (χ3n) is 3.04. The maximum Gasteiger partial charge on any atom is 0.315 e. The van der Waals surface area contributed by atoms with Crippen LogP contribution in [-0.4, -0.2) is 12.6 Å². The van der Waals surface area contributed by atoms with Crippen molar-refractivity contribution < 1.29 is 13.9 Å². The molecule has 2 rings (SSSR count). The van der Waals surface area contributed by atoms with Crippen LogP contribution in [0.2, 0.25) is 0 Å². The first-order chi connectivity index (χ1) is 10.2. The third-order valence-corrected chi connectivity index (χ3v) is 3.04. The Morgan fingerprint density at radius 1 is 1.29 bits per heavy atom. The van der Waals surface area contributed by atoms with Crippen molar-refractivity contribution in [2.24, 2.45) is 0 Å². The van der Waals surface area contributed by atoms with Gasteiger partial charge in [0.15, 0.2) is 0 Å². The monoisotopic (exact) mass is 288 g/mol. The minimum Gasteiger partial charge on any atom is -0.494 e. The molecule has 0 fully saturated rings. The van der Waals surface area contributed by atoms with Crippen LogP contribution >= 0.6 is 0 Å². The van der Waals surface area contributed by atoms with E-state index in [1.54, 1.807) is 12.3 Å². The van der Waals surface area contributed by atoms with Crippen LogP contribution in [0.1, 0.15) is 31.2 Å². The Balaban J connectivity index is 1.82. The summed E-state index contributed by atoms with van der Waals surface area (Å²) in [5.74, 6) is 1.55. The molecule has 2 amide bonds. The number of hydrogen-bond acceptors (Lipinski definition) is 3. The van der Waals surface area contributed by atoms with Gasteiger partial charge >= 0.3 is 6.03 Å². The highest BCUT2D eigenvalue weighted by atomic mass is 16.5. The molecule has 112 valence electrons. The number of amides is 2. The fraction of sp³-hybridized carbons (Fsp3) is 0.312. The molecular formula is C16H20N2O3. The average Bonchev–Trinajstić information content (AvgIpc) is 2.99. The van der Waals surface area contributed by atoms with Gasteiger partial charge in [0.2, 0.25) is 0 Å². The third kappa shape index (κ3) is 4.56. The fourth-order valence-corrected chi connectivity index (χ4v) is 1.93. The van der Waals surface area contributed by atoms with Crippen LogP contribution in [0.15, 0.2) is 47.1 Å². The molecule has 21 heavy (non-hydrogen) atoms. The van der Waals surface area contributed by atoms with Gasteiger partial charge in [-0.15, -0.1) is 0 Å². The average molecular weight is 288 g/mol. The summed E-state index contributed by atoms with van der Waals surface area (Å²) in [7, 11) is 0. The van der Waals surface area contributed by atoms with Gasteiger partial charge in [0.1, 0.15) is 11.5 Å². The van der Waals surface area contributed by atoms with Crippen LogP contribution in [-0.2, 0) is 6.54 Å². The normalized spacial score (nSPS) is 11.7. The molecule has 5 heteroatoms. The Bertz CT molecular complexity index is 549. The molecular weight excluding hydrogens is 268 g/mol. The van der Waals surface area contributed by atoms with E-state index >= 15 is 0 Å². The van der Waals surface area contributed by atoms with Crippen molar-refractivity contribution in [2.75, 3.05) is 6.61 Å². The van der Waals surface area contributed by atoms with Crippen molar-refractivity contribution >= 4 is 6.03 Å². The lowest BCUT2D eigenvalue weighted by Gasteiger charge is -2.15. The fourth-order valence-electron chi connectivity index (χ4n) is 1.93. The number of ether oxygens (including phenoxy) is 1. The molecule has 1 aromatic heterocycles. The number of benzene rings is 1. The molecule has 1 atom stereocenters. The first-order valence-electron chi connectivity index (χ1n) is 6.98. The molecule has 0 aliphatic heterocycles. The van der Waals surface area contributed by atoms with Gasteiger partial charge < -0.3 is 19.8 Å². The second-order valence-electron chi connectivity index (χ2n) is 4.63. The van der Waals surface area contributed by atoms with Crippen LogP contribution in [0.25, 0.3) is 0 Å². The van der Waals surface area contributed by atoms with Gasteiger partial charge in [-0.1, -0.05) is 12.1 Å². The summed E-state index contributed by atoms with van der Waals surface area (Å²) in [4.78, 5) is 11.8. The highest BCUT2D eigenvalue weighted by molar-refractivity contribution is 5.74. The number of carbonyl (C=O) groups is 1. The van der Waals surface area contributed by atoms with E-state index in [0.29, 0.717) is 13.2 Å². The highest BCUT2D eigenvalue weighted by Gasteiger charge is 2.09. The number of nitrogens with one attached hydrogen (secondary N) is 2. The Morgan fingerprint density at radius 3 is 2.67 bits per heavy atom. The summed E-state index contributed by atoms with van der Waals surface area (Å²) < 4.78 is 10.5. The van der Waals surface area contributed by atoms with Gasteiger partial charge in [0.05, 0.1) is 25.5 Å². The molecule has 0 aliphatic rings. The lowest BCUT2D eigenvalue weighted by molar-refractivity contribution is 0.236. The summed E-state index contributed by atoms with van der Waals surface area (Å²) in [6, 6.07) is 11.0. The smallest absolute Gasteiger partial charge is 0.315 e. The SMILES string of the molecule is CCOc1ccc([C@@H](C)NC(=O)NCc2ccco2)cc1. The van der Waals surface area contributed by atoms with E-state index in [9.17, 15) is 4.79 Å². The van der Waals surface area contributed by atoms with E-state index in [4.69, 9.17) is 9.15 Å². The molecule has 0 aliphatic carbocycles. The zero-order valence-corrected chi connectivity index (χ0v) is 12.3. The summed E-state index contributed by atoms with van der Waals surface area (Å²) >= 11 is 0. The second kappa shape index (κ2) is 7.38. The van der Waals surface area contributed by atoms with E-state index in [1.807, 2.05) is 44.2 Å². The lowest BCUT2D eigenvalue weighted by atomic mass is 10.1. The van der Waals surface area contributed by atoms with Crippen LogP contribution in [0.5, 0.6) is 5.75 Å². The molecule has 0 spiro atoms. The first kappa shape index (κ1) is 15.0. The standard InChI is InChI=1S/C16H20N2O3/c1-3-20-14-8-6-13(7-9-14)12(2)18-16(19)17-11-15-5-4-10-21-15/h4-10,12H,3,11H2,1-2H3,(H2,17,18,19)/t12-/m1/s1. The molecule has 5 nitrogen and oxygen atoms in total. The number of urea groups is 1.